The number of hydrogen-bond donors (Lipinski definition) is 1. The predicted molar refractivity (Wildman–Crippen MR) is 105 cm³/mol. The van der Waals surface area contributed by atoms with Crippen LogP contribution in [-0.4, -0.2) is 20.3 Å². The van der Waals surface area contributed by atoms with Crippen molar-refractivity contribution in [2.45, 2.75) is 18.5 Å². The second kappa shape index (κ2) is 6.76. The zero-order valence-corrected chi connectivity index (χ0v) is 14.9. The van der Waals surface area contributed by atoms with E-state index in [2.05, 4.69) is 96.3 Å². The van der Waals surface area contributed by atoms with Crippen molar-refractivity contribution in [2.75, 3.05) is 6.54 Å². The number of nitrogens with one attached hydrogen (secondary N) is 1. The molecule has 3 aromatic carbocycles. The van der Waals surface area contributed by atoms with E-state index in [1.54, 1.807) is 0 Å². The van der Waals surface area contributed by atoms with Gasteiger partial charge in [0.05, 0.1) is 0 Å². The summed E-state index contributed by atoms with van der Waals surface area (Å²) in [6, 6.07) is 33.6. The van der Waals surface area contributed by atoms with E-state index in [1.807, 2.05) is 0 Å². The minimum absolute atomic E-state index is 0.546. The molecule has 3 aromatic rings. The molecular weight excluding hydrogens is 306 g/mol. The summed E-state index contributed by atoms with van der Waals surface area (Å²) in [6.45, 7) is 1.13. The third kappa shape index (κ3) is 2.52. The number of benzene rings is 3. The average molecular weight is 330 g/mol. The highest BCUT2D eigenvalue weighted by Crippen LogP contribution is 2.19. The van der Waals surface area contributed by atoms with Gasteiger partial charge in [0.15, 0.2) is 8.07 Å². The lowest BCUT2D eigenvalue weighted by atomic mass is 10.3. The van der Waals surface area contributed by atoms with Crippen LogP contribution < -0.4 is 20.9 Å². The first kappa shape index (κ1) is 15.4. The normalized spacial score (nSPS) is 17.8. The van der Waals surface area contributed by atoms with Crippen molar-refractivity contribution >= 4 is 23.6 Å². The Morgan fingerprint density at radius 1 is 0.625 bits per heavy atom. The maximum Gasteiger partial charge on any atom is 0.164 e. The Balaban J connectivity index is 2.03. The summed E-state index contributed by atoms with van der Waals surface area (Å²) in [6.07, 6.45) is 2.52. The first-order valence-corrected chi connectivity index (χ1v) is 10.9. The summed E-state index contributed by atoms with van der Waals surface area (Å²) in [4.78, 5) is 0. The Hall–Kier alpha value is -2.16. The van der Waals surface area contributed by atoms with Crippen molar-refractivity contribution in [2.24, 2.45) is 0 Å². The molecular formula is C22H23NSi. The Kier molecular flexibility index (Phi) is 4.33. The average Bonchev–Trinajstić information content (AvgIpc) is 3.20. The molecule has 1 saturated heterocycles. The van der Waals surface area contributed by atoms with Crippen LogP contribution in [0.4, 0.5) is 0 Å². The topological polar surface area (TPSA) is 12.0 Å². The van der Waals surface area contributed by atoms with Crippen LogP contribution in [0.2, 0.25) is 0 Å². The summed E-state index contributed by atoms with van der Waals surface area (Å²) in [5.41, 5.74) is 0.546. The Morgan fingerprint density at radius 3 is 1.38 bits per heavy atom. The molecule has 120 valence electrons. The molecule has 0 saturated carbocycles. The maximum atomic E-state index is 3.85. The molecule has 0 spiro atoms. The van der Waals surface area contributed by atoms with E-state index in [0.717, 1.165) is 6.54 Å². The van der Waals surface area contributed by atoms with E-state index in [0.29, 0.717) is 5.67 Å². The molecule has 0 unspecified atom stereocenters. The highest BCUT2D eigenvalue weighted by atomic mass is 28.3. The fraction of sp³-hybridized carbons (Fsp3) is 0.182. The molecule has 1 aliphatic rings. The monoisotopic (exact) mass is 329 g/mol. The van der Waals surface area contributed by atoms with Crippen LogP contribution in [0.3, 0.4) is 0 Å². The van der Waals surface area contributed by atoms with Crippen LogP contribution in [-0.2, 0) is 0 Å². The summed E-state index contributed by atoms with van der Waals surface area (Å²) < 4.78 is 0. The van der Waals surface area contributed by atoms with Crippen molar-refractivity contribution in [1.29, 1.82) is 0 Å². The quantitative estimate of drug-likeness (QED) is 0.573. The van der Waals surface area contributed by atoms with Crippen LogP contribution in [0.25, 0.3) is 0 Å². The maximum absolute atomic E-state index is 3.85. The van der Waals surface area contributed by atoms with Gasteiger partial charge in [0.25, 0.3) is 0 Å². The fourth-order valence-corrected chi connectivity index (χ4v) is 9.71. The van der Waals surface area contributed by atoms with Crippen molar-refractivity contribution in [3.8, 4) is 0 Å². The zero-order valence-electron chi connectivity index (χ0n) is 13.9. The molecule has 1 atom stereocenters. The lowest BCUT2D eigenvalue weighted by Crippen LogP contribution is -2.76. The van der Waals surface area contributed by atoms with E-state index in [-0.39, 0.29) is 0 Å². The third-order valence-electron chi connectivity index (χ3n) is 5.27. The first-order chi connectivity index (χ1) is 11.9. The van der Waals surface area contributed by atoms with E-state index in [9.17, 15) is 0 Å². The fourth-order valence-electron chi connectivity index (χ4n) is 4.26. The van der Waals surface area contributed by atoms with Gasteiger partial charge in [-0.05, 0) is 34.9 Å². The predicted octanol–water partition coefficient (Wildman–Crippen LogP) is 2.45. The third-order valence-corrected chi connectivity index (χ3v) is 10.5. The first-order valence-electron chi connectivity index (χ1n) is 8.82. The standard InChI is InChI=1S/C22H23NSi/c1-4-11-19(12-5-1)24(22-17-10-18-23-22,20-13-6-2-7-14-20)21-15-8-3-9-16-21/h1-9,11-16,22-23H,10,17-18H2/t22-/m0/s1. The van der Waals surface area contributed by atoms with Crippen LogP contribution >= 0.6 is 0 Å². The van der Waals surface area contributed by atoms with Crippen molar-refractivity contribution < 1.29 is 0 Å². The van der Waals surface area contributed by atoms with Gasteiger partial charge in [-0.15, -0.1) is 0 Å². The molecule has 0 amide bonds. The highest BCUT2D eigenvalue weighted by Gasteiger charge is 2.47. The molecule has 24 heavy (non-hydrogen) atoms. The summed E-state index contributed by atoms with van der Waals surface area (Å²) >= 11 is 0. The van der Waals surface area contributed by atoms with Gasteiger partial charge in [-0.2, -0.15) is 0 Å². The second-order valence-corrected chi connectivity index (χ2v) is 10.6. The summed E-state index contributed by atoms with van der Waals surface area (Å²) in [7, 11) is -2.10. The van der Waals surface area contributed by atoms with Gasteiger partial charge in [0.2, 0.25) is 0 Å². The van der Waals surface area contributed by atoms with E-state index in [4.69, 9.17) is 0 Å². The Morgan fingerprint density at radius 2 is 1.04 bits per heavy atom. The molecule has 1 aliphatic heterocycles. The zero-order chi connectivity index (χ0) is 16.2. The van der Waals surface area contributed by atoms with Gasteiger partial charge in [-0.3, -0.25) is 0 Å². The molecule has 0 radical (unpaired) electrons. The van der Waals surface area contributed by atoms with Crippen LogP contribution in [0.1, 0.15) is 12.8 Å². The van der Waals surface area contributed by atoms with Gasteiger partial charge in [-0.25, -0.2) is 0 Å². The Labute approximate surface area is 145 Å². The lowest BCUT2D eigenvalue weighted by Gasteiger charge is -2.39. The molecule has 0 aromatic heterocycles. The van der Waals surface area contributed by atoms with Crippen molar-refractivity contribution in [1.82, 2.24) is 5.32 Å². The highest BCUT2D eigenvalue weighted by molar-refractivity contribution is 7.12. The number of hydrogen-bond acceptors (Lipinski definition) is 1. The summed E-state index contributed by atoms with van der Waals surface area (Å²) in [5.74, 6) is 0. The largest absolute Gasteiger partial charge is 0.315 e. The van der Waals surface area contributed by atoms with Crippen LogP contribution in [0.5, 0.6) is 0 Å². The molecule has 1 N–H and O–H groups in total. The van der Waals surface area contributed by atoms with Gasteiger partial charge >= 0.3 is 0 Å². The minimum Gasteiger partial charge on any atom is -0.315 e. The van der Waals surface area contributed by atoms with E-state index in [1.165, 1.54) is 28.4 Å². The number of rotatable bonds is 4. The van der Waals surface area contributed by atoms with Crippen LogP contribution in [0.15, 0.2) is 91.0 Å². The summed E-state index contributed by atoms with van der Waals surface area (Å²) in [5, 5.41) is 8.36. The van der Waals surface area contributed by atoms with Crippen LogP contribution in [0, 0.1) is 0 Å². The molecule has 4 rings (SSSR count). The van der Waals surface area contributed by atoms with E-state index >= 15 is 0 Å². The molecule has 2 heteroatoms. The van der Waals surface area contributed by atoms with Gasteiger partial charge in [-0.1, -0.05) is 91.0 Å². The lowest BCUT2D eigenvalue weighted by molar-refractivity contribution is 0.775. The van der Waals surface area contributed by atoms with Gasteiger partial charge < -0.3 is 5.32 Å². The van der Waals surface area contributed by atoms with Crippen molar-refractivity contribution in [3.05, 3.63) is 91.0 Å². The van der Waals surface area contributed by atoms with Crippen molar-refractivity contribution in [3.63, 3.8) is 0 Å². The molecule has 0 aliphatic carbocycles. The minimum atomic E-state index is -2.10. The van der Waals surface area contributed by atoms with E-state index < -0.39 is 8.07 Å². The molecule has 1 fully saturated rings. The second-order valence-electron chi connectivity index (χ2n) is 6.56. The Bertz CT molecular complexity index is 668. The molecule has 1 heterocycles. The molecule has 1 nitrogen and oxygen atoms in total. The molecule has 0 bridgehead atoms. The smallest absolute Gasteiger partial charge is 0.164 e. The van der Waals surface area contributed by atoms with Gasteiger partial charge in [0, 0.05) is 5.67 Å². The van der Waals surface area contributed by atoms with Gasteiger partial charge in [0.1, 0.15) is 0 Å². The SMILES string of the molecule is c1ccc([Si](c2ccccc2)(c2ccccc2)[C@H]2CCCN2)cc1.